The average Bonchev–Trinajstić information content (AvgIpc) is 3.65. The summed E-state index contributed by atoms with van der Waals surface area (Å²) in [7, 11) is 0. The summed E-state index contributed by atoms with van der Waals surface area (Å²) in [6.45, 7) is 0. The molecule has 0 saturated carbocycles. The summed E-state index contributed by atoms with van der Waals surface area (Å²) in [5.41, 5.74) is 9.81. The lowest BCUT2D eigenvalue weighted by Crippen LogP contribution is -2.40. The number of fused-ring (bicyclic) bond motifs is 9. The van der Waals surface area contributed by atoms with Gasteiger partial charge in [-0.3, -0.25) is 9.69 Å². The van der Waals surface area contributed by atoms with Crippen molar-refractivity contribution in [1.82, 2.24) is 0 Å². The number of carbonyl (C=O) groups excluding carboxylic acids is 1. The molecule has 8 aromatic carbocycles. The molecule has 0 aliphatic carbocycles. The Bertz CT molecular complexity index is 2690. The molecule has 0 N–H and O–H groups in total. The fourth-order valence-electron chi connectivity index (χ4n) is 7.96. The third-order valence-corrected chi connectivity index (χ3v) is 11.5. The Kier molecular flexibility index (Phi) is 6.68. The number of anilines is 2. The largest absolute Gasteiger partial charge is 0.280 e. The van der Waals surface area contributed by atoms with Crippen molar-refractivity contribution in [3.63, 3.8) is 0 Å². The molecule has 1 atom stereocenters. The van der Waals surface area contributed by atoms with E-state index in [-0.39, 0.29) is 11.8 Å². The summed E-state index contributed by atoms with van der Waals surface area (Å²) in [4.78, 5) is 17.5. The van der Waals surface area contributed by atoms with Crippen molar-refractivity contribution >= 4 is 71.4 Å². The first kappa shape index (κ1) is 28.9. The standard InChI is InChI=1S/C47H31NOS/c49-47-45-43(29-50-46(45)31-11-2-1-3-12-31)41-19-8-9-20-44(41)48(47)35-24-21-30(22-25-35)32-13-10-14-33(27-32)34-23-26-40-38-17-5-4-15-36(38)37-16-6-7-18-39(37)42(40)28-34/h1-29,45,50H. The van der Waals surface area contributed by atoms with Crippen LogP contribution in [-0.2, 0) is 4.79 Å². The second kappa shape index (κ2) is 11.5. The Morgan fingerprint density at radius 3 is 1.70 bits per heavy atom. The summed E-state index contributed by atoms with van der Waals surface area (Å²) in [6, 6.07) is 60.2. The van der Waals surface area contributed by atoms with Crippen LogP contribution in [0.25, 0.3) is 60.1 Å². The van der Waals surface area contributed by atoms with Gasteiger partial charge < -0.3 is 0 Å². The SMILES string of the molecule is O=C1C2C(=C[SH]=C2c2ccccc2)c2ccccc2N1c1ccc(-c2cccc(-c3ccc4c5ccccc5c5ccccc5c4c3)c2)cc1. The molecular weight excluding hydrogens is 627 g/mol. The highest BCUT2D eigenvalue weighted by atomic mass is 32.1. The maximum atomic E-state index is 14.4. The first-order valence-corrected chi connectivity index (χ1v) is 18.0. The van der Waals surface area contributed by atoms with E-state index in [4.69, 9.17) is 0 Å². The van der Waals surface area contributed by atoms with E-state index in [1.807, 2.05) is 29.2 Å². The summed E-state index contributed by atoms with van der Waals surface area (Å²) in [5.74, 6) is -0.187. The maximum Gasteiger partial charge on any atom is 0.244 e. The third-order valence-electron chi connectivity index (χ3n) is 10.3. The smallest absolute Gasteiger partial charge is 0.244 e. The minimum Gasteiger partial charge on any atom is -0.280 e. The van der Waals surface area contributed by atoms with E-state index in [1.54, 1.807) is 0 Å². The van der Waals surface area contributed by atoms with Gasteiger partial charge in [-0.05, 0) is 101 Å². The molecule has 0 radical (unpaired) electrons. The molecule has 10 rings (SSSR count). The number of nitrogens with zero attached hydrogens (tertiary/aromatic N) is 1. The van der Waals surface area contributed by atoms with Gasteiger partial charge in [-0.1, -0.05) is 140 Å². The number of para-hydroxylation sites is 1. The summed E-state index contributed by atoms with van der Waals surface area (Å²) in [6.07, 6.45) is 0. The molecule has 2 nitrogen and oxygen atoms in total. The highest BCUT2D eigenvalue weighted by Gasteiger charge is 2.41. The van der Waals surface area contributed by atoms with Gasteiger partial charge >= 0.3 is 0 Å². The van der Waals surface area contributed by atoms with Crippen LogP contribution in [0.5, 0.6) is 0 Å². The molecule has 0 saturated heterocycles. The molecule has 0 fully saturated rings. The number of thiol groups is 1. The van der Waals surface area contributed by atoms with E-state index in [0.717, 1.165) is 55.4 Å². The van der Waals surface area contributed by atoms with Crippen LogP contribution in [0.4, 0.5) is 11.4 Å². The number of amides is 1. The van der Waals surface area contributed by atoms with Gasteiger partial charge in [-0.15, -0.1) is 0 Å². The van der Waals surface area contributed by atoms with Crippen molar-refractivity contribution in [1.29, 1.82) is 0 Å². The molecule has 0 bridgehead atoms. The minimum atomic E-state index is -0.289. The zero-order valence-corrected chi connectivity index (χ0v) is 28.0. The molecular formula is C47H31NOS. The quantitative estimate of drug-likeness (QED) is 0.113. The highest BCUT2D eigenvalue weighted by Crippen LogP contribution is 2.47. The second-order valence-corrected chi connectivity index (χ2v) is 14.1. The van der Waals surface area contributed by atoms with Crippen LogP contribution < -0.4 is 4.90 Å². The van der Waals surface area contributed by atoms with Crippen LogP contribution in [0.1, 0.15) is 11.1 Å². The Morgan fingerprint density at radius 2 is 0.980 bits per heavy atom. The van der Waals surface area contributed by atoms with Crippen LogP contribution in [-0.4, -0.2) is 10.8 Å². The number of benzene rings is 8. The van der Waals surface area contributed by atoms with E-state index in [2.05, 4.69) is 151 Å². The molecule has 1 amide bonds. The van der Waals surface area contributed by atoms with Crippen LogP contribution in [0, 0.1) is 5.92 Å². The second-order valence-electron chi connectivity index (χ2n) is 13.1. The molecule has 8 aromatic rings. The van der Waals surface area contributed by atoms with Gasteiger partial charge in [0.1, 0.15) is 0 Å². The zero-order chi connectivity index (χ0) is 33.2. The number of hydrogen-bond donors (Lipinski definition) is 1. The van der Waals surface area contributed by atoms with Crippen molar-refractivity contribution in [3.8, 4) is 22.3 Å². The van der Waals surface area contributed by atoms with Crippen molar-refractivity contribution in [2.24, 2.45) is 5.92 Å². The predicted octanol–water partition coefficient (Wildman–Crippen LogP) is 11.8. The Hall–Kier alpha value is -6.03. The number of carbonyl (C=O) groups is 1. The molecule has 3 heteroatoms. The van der Waals surface area contributed by atoms with E-state index in [1.165, 1.54) is 43.4 Å². The molecule has 2 heterocycles. The van der Waals surface area contributed by atoms with Gasteiger partial charge in [0.05, 0.1) is 11.6 Å². The van der Waals surface area contributed by atoms with E-state index >= 15 is 0 Å². The van der Waals surface area contributed by atoms with Crippen molar-refractivity contribution in [2.45, 2.75) is 0 Å². The van der Waals surface area contributed by atoms with Crippen LogP contribution in [0.2, 0.25) is 0 Å². The minimum absolute atomic E-state index is 0.102. The van der Waals surface area contributed by atoms with Gasteiger partial charge in [-0.2, -0.15) is 11.4 Å². The summed E-state index contributed by atoms with van der Waals surface area (Å²) in [5, 5.41) is 9.89. The lowest BCUT2D eigenvalue weighted by Gasteiger charge is -2.35. The van der Waals surface area contributed by atoms with Gasteiger partial charge in [0.15, 0.2) is 0 Å². The van der Waals surface area contributed by atoms with Gasteiger partial charge in [0.2, 0.25) is 5.91 Å². The number of hydrogen-bond acceptors (Lipinski definition) is 1. The maximum absolute atomic E-state index is 14.4. The molecule has 236 valence electrons. The topological polar surface area (TPSA) is 20.3 Å². The summed E-state index contributed by atoms with van der Waals surface area (Å²) >= 11 is 1.08. The van der Waals surface area contributed by atoms with E-state index in [9.17, 15) is 4.79 Å². The van der Waals surface area contributed by atoms with Gasteiger partial charge in [0.25, 0.3) is 0 Å². The third kappa shape index (κ3) is 4.51. The molecule has 0 spiro atoms. The zero-order valence-electron chi connectivity index (χ0n) is 27.1. The Balaban J connectivity index is 1.01. The van der Waals surface area contributed by atoms with E-state index in [0.29, 0.717) is 0 Å². The predicted molar refractivity (Wildman–Crippen MR) is 214 cm³/mol. The average molecular weight is 658 g/mol. The van der Waals surface area contributed by atoms with Crippen molar-refractivity contribution < 1.29 is 4.79 Å². The van der Waals surface area contributed by atoms with Crippen molar-refractivity contribution in [2.75, 3.05) is 4.90 Å². The van der Waals surface area contributed by atoms with Crippen LogP contribution >= 0.6 is 11.4 Å². The summed E-state index contributed by atoms with van der Waals surface area (Å²) < 4.78 is 0. The monoisotopic (exact) mass is 657 g/mol. The van der Waals surface area contributed by atoms with E-state index < -0.39 is 0 Å². The first-order chi connectivity index (χ1) is 24.7. The van der Waals surface area contributed by atoms with Crippen LogP contribution in [0.3, 0.4) is 0 Å². The van der Waals surface area contributed by atoms with Gasteiger partial charge in [0, 0.05) is 16.1 Å². The van der Waals surface area contributed by atoms with Crippen LogP contribution in [0.15, 0.2) is 175 Å². The lowest BCUT2D eigenvalue weighted by atomic mass is 9.83. The lowest BCUT2D eigenvalue weighted by molar-refractivity contribution is -0.118. The molecule has 2 aliphatic rings. The fourth-order valence-corrected chi connectivity index (χ4v) is 9.22. The van der Waals surface area contributed by atoms with Gasteiger partial charge in [-0.25, -0.2) is 0 Å². The molecule has 1 unspecified atom stereocenters. The molecule has 0 aromatic heterocycles. The number of rotatable bonds is 4. The molecule has 2 aliphatic heterocycles. The van der Waals surface area contributed by atoms with Crippen molar-refractivity contribution in [3.05, 3.63) is 186 Å². The Morgan fingerprint density at radius 1 is 0.440 bits per heavy atom. The normalized spacial score (nSPS) is 15.4. The fraction of sp³-hybridized carbons (Fsp3) is 0.0213. The Labute approximate surface area is 294 Å². The first-order valence-electron chi connectivity index (χ1n) is 17.0. The highest BCUT2D eigenvalue weighted by molar-refractivity contribution is 8.02. The molecule has 50 heavy (non-hydrogen) atoms.